The Kier molecular flexibility index (Phi) is 3.69. The number of ketones is 1. The number of phenols is 1. The molecule has 104 valence electrons. The van der Waals surface area contributed by atoms with Gasteiger partial charge in [-0.05, 0) is 23.4 Å². The molecule has 0 radical (unpaired) electrons. The second-order valence-corrected chi connectivity index (χ2v) is 5.08. The Morgan fingerprint density at radius 1 is 0.810 bits per heavy atom. The molecule has 2 heteroatoms. The second-order valence-electron chi connectivity index (χ2n) is 5.08. The molecule has 0 unspecified atom stereocenters. The summed E-state index contributed by atoms with van der Waals surface area (Å²) in [5.74, 6) is 0.427. The number of phenolic OH excluding ortho intramolecular Hbond substituents is 1. The van der Waals surface area contributed by atoms with E-state index in [1.807, 2.05) is 60.7 Å². The lowest BCUT2D eigenvalue weighted by molar-refractivity contribution is 0.0983. The first-order chi connectivity index (χ1) is 10.3. The van der Waals surface area contributed by atoms with Crippen molar-refractivity contribution in [2.75, 3.05) is 0 Å². The lowest BCUT2D eigenvalue weighted by atomic mass is 9.97. The average molecular weight is 276 g/mol. The highest BCUT2D eigenvalue weighted by molar-refractivity contribution is 5.97. The Labute approximate surface area is 123 Å². The fourth-order valence-corrected chi connectivity index (χ4v) is 2.58. The Bertz CT molecular complexity index is 776. The van der Waals surface area contributed by atoms with E-state index in [4.69, 9.17) is 0 Å². The highest BCUT2D eigenvalue weighted by Gasteiger charge is 2.08. The van der Waals surface area contributed by atoms with Crippen LogP contribution in [0.2, 0.25) is 0 Å². The quantitative estimate of drug-likeness (QED) is 0.719. The molecule has 0 bridgehead atoms. The maximum atomic E-state index is 12.2. The van der Waals surface area contributed by atoms with Crippen LogP contribution in [0.1, 0.15) is 22.3 Å². The Morgan fingerprint density at radius 2 is 1.48 bits per heavy atom. The van der Waals surface area contributed by atoms with E-state index in [2.05, 4.69) is 0 Å². The van der Waals surface area contributed by atoms with Gasteiger partial charge in [0.15, 0.2) is 5.78 Å². The molecule has 21 heavy (non-hydrogen) atoms. The molecule has 3 rings (SSSR count). The summed E-state index contributed by atoms with van der Waals surface area (Å²) in [4.78, 5) is 12.2. The minimum absolute atomic E-state index is 0.146. The highest BCUT2D eigenvalue weighted by Crippen LogP contribution is 2.28. The third-order valence-corrected chi connectivity index (χ3v) is 3.71. The number of hydrogen-bond acceptors (Lipinski definition) is 2. The van der Waals surface area contributed by atoms with Gasteiger partial charge in [-0.25, -0.2) is 0 Å². The van der Waals surface area contributed by atoms with E-state index >= 15 is 0 Å². The van der Waals surface area contributed by atoms with Crippen molar-refractivity contribution in [2.24, 2.45) is 0 Å². The van der Waals surface area contributed by atoms with E-state index < -0.39 is 0 Å². The van der Waals surface area contributed by atoms with Gasteiger partial charge in [0.05, 0.1) is 0 Å². The molecule has 0 aromatic heterocycles. The van der Waals surface area contributed by atoms with Crippen molar-refractivity contribution in [3.05, 3.63) is 77.9 Å². The average Bonchev–Trinajstić information content (AvgIpc) is 2.55. The molecule has 0 aliphatic heterocycles. The third kappa shape index (κ3) is 2.79. The fraction of sp³-hybridized carbons (Fsp3) is 0.105. The summed E-state index contributed by atoms with van der Waals surface area (Å²) in [7, 11) is 0. The summed E-state index contributed by atoms with van der Waals surface area (Å²) in [5.41, 5.74) is 1.84. The molecule has 0 fully saturated rings. The molecular weight excluding hydrogens is 260 g/mol. The van der Waals surface area contributed by atoms with Crippen LogP contribution in [0.5, 0.6) is 5.75 Å². The monoisotopic (exact) mass is 276 g/mol. The molecule has 1 N–H and O–H groups in total. The number of aromatic hydroxyl groups is 1. The van der Waals surface area contributed by atoms with Crippen LogP contribution in [0.15, 0.2) is 66.7 Å². The fourth-order valence-electron chi connectivity index (χ4n) is 2.58. The van der Waals surface area contributed by atoms with Gasteiger partial charge in [0, 0.05) is 17.4 Å². The third-order valence-electron chi connectivity index (χ3n) is 3.71. The maximum Gasteiger partial charge on any atom is 0.163 e. The van der Waals surface area contributed by atoms with Crippen molar-refractivity contribution < 1.29 is 9.90 Å². The normalized spacial score (nSPS) is 10.7. The molecule has 0 saturated heterocycles. The van der Waals surface area contributed by atoms with E-state index in [1.54, 1.807) is 6.07 Å². The zero-order valence-electron chi connectivity index (χ0n) is 11.6. The van der Waals surface area contributed by atoms with Crippen LogP contribution < -0.4 is 0 Å². The summed E-state index contributed by atoms with van der Waals surface area (Å²) in [5, 5.41) is 11.7. The first-order valence-corrected chi connectivity index (χ1v) is 7.03. The molecule has 3 aromatic carbocycles. The van der Waals surface area contributed by atoms with Gasteiger partial charge in [-0.1, -0.05) is 60.7 Å². The Balaban J connectivity index is 1.83. The number of aryl methyl sites for hydroxylation is 1. The molecule has 0 spiro atoms. The summed E-state index contributed by atoms with van der Waals surface area (Å²) in [6.07, 6.45) is 1.15. The zero-order chi connectivity index (χ0) is 14.7. The molecule has 2 nitrogen and oxygen atoms in total. The standard InChI is InChI=1S/C19H16O2/c20-18(15-6-2-1-3-7-15)12-10-14-11-13-19(21)17-9-5-4-8-16(14)17/h1-9,11,13,21H,10,12H2. The van der Waals surface area contributed by atoms with Gasteiger partial charge < -0.3 is 5.11 Å². The second kappa shape index (κ2) is 5.80. The van der Waals surface area contributed by atoms with Crippen LogP contribution in [0.3, 0.4) is 0 Å². The van der Waals surface area contributed by atoms with Gasteiger partial charge in [0.1, 0.15) is 5.75 Å². The van der Waals surface area contributed by atoms with Crippen molar-refractivity contribution in [1.29, 1.82) is 0 Å². The molecule has 0 heterocycles. The van der Waals surface area contributed by atoms with E-state index in [0.717, 1.165) is 21.9 Å². The van der Waals surface area contributed by atoms with Crippen molar-refractivity contribution in [2.45, 2.75) is 12.8 Å². The van der Waals surface area contributed by atoms with E-state index in [9.17, 15) is 9.90 Å². The lowest BCUT2D eigenvalue weighted by Gasteiger charge is -2.08. The first kappa shape index (κ1) is 13.4. The minimum Gasteiger partial charge on any atom is -0.507 e. The topological polar surface area (TPSA) is 37.3 Å². The van der Waals surface area contributed by atoms with Crippen molar-refractivity contribution in [3.63, 3.8) is 0 Å². The minimum atomic E-state index is 0.146. The lowest BCUT2D eigenvalue weighted by Crippen LogP contribution is -2.01. The SMILES string of the molecule is O=C(CCc1ccc(O)c2ccccc12)c1ccccc1. The number of carbonyl (C=O) groups is 1. The Hall–Kier alpha value is -2.61. The Morgan fingerprint density at radius 3 is 2.24 bits per heavy atom. The number of carbonyl (C=O) groups excluding carboxylic acids is 1. The molecule has 0 amide bonds. The largest absolute Gasteiger partial charge is 0.507 e. The van der Waals surface area contributed by atoms with E-state index in [0.29, 0.717) is 12.8 Å². The predicted molar refractivity (Wildman–Crippen MR) is 84.7 cm³/mol. The van der Waals surface area contributed by atoms with Gasteiger partial charge in [0.25, 0.3) is 0 Å². The smallest absolute Gasteiger partial charge is 0.163 e. The number of fused-ring (bicyclic) bond motifs is 1. The summed E-state index contributed by atoms with van der Waals surface area (Å²) >= 11 is 0. The van der Waals surface area contributed by atoms with Gasteiger partial charge in [-0.3, -0.25) is 4.79 Å². The van der Waals surface area contributed by atoms with Crippen LogP contribution in [-0.2, 0) is 6.42 Å². The van der Waals surface area contributed by atoms with Crippen molar-refractivity contribution >= 4 is 16.6 Å². The van der Waals surface area contributed by atoms with Gasteiger partial charge in [0.2, 0.25) is 0 Å². The van der Waals surface area contributed by atoms with Gasteiger partial charge in [-0.15, -0.1) is 0 Å². The van der Waals surface area contributed by atoms with Crippen LogP contribution in [-0.4, -0.2) is 10.9 Å². The van der Waals surface area contributed by atoms with Crippen LogP contribution in [0, 0.1) is 0 Å². The van der Waals surface area contributed by atoms with Gasteiger partial charge >= 0.3 is 0 Å². The van der Waals surface area contributed by atoms with Crippen molar-refractivity contribution in [1.82, 2.24) is 0 Å². The predicted octanol–water partition coefficient (Wildman–Crippen LogP) is 4.36. The summed E-state index contributed by atoms with van der Waals surface area (Å²) in [6, 6.07) is 20.7. The first-order valence-electron chi connectivity index (χ1n) is 7.03. The number of rotatable bonds is 4. The molecule has 3 aromatic rings. The number of hydrogen-bond donors (Lipinski definition) is 1. The van der Waals surface area contributed by atoms with Crippen LogP contribution in [0.4, 0.5) is 0 Å². The van der Waals surface area contributed by atoms with Crippen molar-refractivity contribution in [3.8, 4) is 5.75 Å². The van der Waals surface area contributed by atoms with E-state index in [-0.39, 0.29) is 11.5 Å². The molecule has 0 saturated carbocycles. The molecular formula is C19H16O2. The summed E-state index contributed by atoms with van der Waals surface area (Å²) < 4.78 is 0. The summed E-state index contributed by atoms with van der Waals surface area (Å²) in [6.45, 7) is 0. The molecule has 0 aliphatic rings. The number of Topliss-reactive ketones (excluding diaryl/α,β-unsaturated/α-hetero) is 1. The van der Waals surface area contributed by atoms with Crippen LogP contribution in [0.25, 0.3) is 10.8 Å². The van der Waals surface area contributed by atoms with Gasteiger partial charge in [-0.2, -0.15) is 0 Å². The highest BCUT2D eigenvalue weighted by atomic mass is 16.3. The maximum absolute atomic E-state index is 12.2. The molecule has 0 aliphatic carbocycles. The zero-order valence-corrected chi connectivity index (χ0v) is 11.6. The van der Waals surface area contributed by atoms with Crippen LogP contribution >= 0.6 is 0 Å². The molecule has 0 atom stereocenters. The number of benzene rings is 3. The van der Waals surface area contributed by atoms with E-state index in [1.165, 1.54) is 0 Å².